The van der Waals surface area contributed by atoms with Crippen LogP contribution in [-0.2, 0) is 23.1 Å². The molecule has 0 radical (unpaired) electrons. The molecule has 0 saturated heterocycles. The number of hydrogen-bond donors (Lipinski definition) is 1. The van der Waals surface area contributed by atoms with Crippen molar-refractivity contribution in [2.24, 2.45) is 0 Å². The van der Waals surface area contributed by atoms with E-state index in [2.05, 4.69) is 4.98 Å². The lowest BCUT2D eigenvalue weighted by Crippen LogP contribution is -2.32. The van der Waals surface area contributed by atoms with Crippen LogP contribution in [0.25, 0.3) is 10.9 Å². The number of hydrogen-bond acceptors (Lipinski definition) is 4. The van der Waals surface area contributed by atoms with Crippen LogP contribution in [-0.4, -0.2) is 24.8 Å². The lowest BCUT2D eigenvalue weighted by molar-refractivity contribution is 0.398. The Hall–Kier alpha value is -3.49. The first-order chi connectivity index (χ1) is 15.8. The minimum Gasteiger partial charge on any atom is -0.497 e. The molecule has 6 nitrogen and oxygen atoms in total. The summed E-state index contributed by atoms with van der Waals surface area (Å²) in [6, 6.07) is 19.0. The van der Waals surface area contributed by atoms with Gasteiger partial charge in [0.15, 0.2) is 0 Å². The zero-order valence-electron chi connectivity index (χ0n) is 18.2. The summed E-state index contributed by atoms with van der Waals surface area (Å²) in [5.74, 6) is 0.116. The largest absolute Gasteiger partial charge is 0.497 e. The molecule has 0 spiro atoms. The van der Waals surface area contributed by atoms with Crippen LogP contribution in [0.2, 0.25) is 0 Å². The van der Waals surface area contributed by atoms with Crippen molar-refractivity contribution in [2.45, 2.75) is 24.9 Å². The normalized spacial score (nSPS) is 11.8. The van der Waals surface area contributed by atoms with Gasteiger partial charge in [0.05, 0.1) is 12.0 Å². The standard InChI is InChI=1S/C25H23FN2O4S/c1-17-3-12-24-19(13-17)14-20(25(29)27-24)16-28(15-18-4-8-22(32-2)9-5-18)33(30,31)23-10-6-21(26)7-11-23/h3-14H,15-16H2,1-2H3,(H,27,29). The Bertz CT molecular complexity index is 1450. The van der Waals surface area contributed by atoms with E-state index in [0.717, 1.165) is 28.6 Å². The molecule has 0 amide bonds. The number of H-pyrrole nitrogens is 1. The van der Waals surface area contributed by atoms with Crippen molar-refractivity contribution >= 4 is 20.9 Å². The summed E-state index contributed by atoms with van der Waals surface area (Å²) in [5, 5.41) is 0.813. The van der Waals surface area contributed by atoms with Gasteiger partial charge in [-0.15, -0.1) is 0 Å². The zero-order valence-corrected chi connectivity index (χ0v) is 19.0. The van der Waals surface area contributed by atoms with E-state index >= 15 is 0 Å². The summed E-state index contributed by atoms with van der Waals surface area (Å²) in [7, 11) is -2.48. The maximum Gasteiger partial charge on any atom is 0.252 e. The highest BCUT2D eigenvalue weighted by Gasteiger charge is 2.26. The third-order valence-corrected chi connectivity index (χ3v) is 7.20. The quantitative estimate of drug-likeness (QED) is 0.439. The molecule has 3 aromatic carbocycles. The van der Waals surface area contributed by atoms with Crippen LogP contribution in [0.15, 0.2) is 82.5 Å². The molecular weight excluding hydrogens is 443 g/mol. The first kappa shape index (κ1) is 22.7. The van der Waals surface area contributed by atoms with Crippen LogP contribution in [0, 0.1) is 12.7 Å². The predicted octanol–water partition coefficient (Wildman–Crippen LogP) is 4.38. The minimum atomic E-state index is -4.03. The van der Waals surface area contributed by atoms with Gasteiger partial charge in [0.25, 0.3) is 5.56 Å². The lowest BCUT2D eigenvalue weighted by Gasteiger charge is -2.22. The minimum absolute atomic E-state index is 0.0228. The maximum atomic E-state index is 13.5. The maximum absolute atomic E-state index is 13.5. The van der Waals surface area contributed by atoms with Gasteiger partial charge in [-0.05, 0) is 72.5 Å². The van der Waals surface area contributed by atoms with Crippen molar-refractivity contribution in [3.8, 4) is 5.75 Å². The topological polar surface area (TPSA) is 79.5 Å². The molecule has 1 heterocycles. The summed E-state index contributed by atoms with van der Waals surface area (Å²) in [6.45, 7) is 1.82. The number of aromatic amines is 1. The number of sulfonamides is 1. The molecule has 0 fully saturated rings. The second kappa shape index (κ2) is 9.17. The van der Waals surface area contributed by atoms with Crippen molar-refractivity contribution in [2.75, 3.05) is 7.11 Å². The van der Waals surface area contributed by atoms with Crippen LogP contribution in [0.1, 0.15) is 16.7 Å². The number of nitrogens with one attached hydrogen (secondary N) is 1. The number of methoxy groups -OCH3 is 1. The molecule has 4 aromatic rings. The van der Waals surface area contributed by atoms with Gasteiger partial charge in [0.1, 0.15) is 11.6 Å². The SMILES string of the molecule is COc1ccc(CN(Cc2cc3cc(C)ccc3[nH]c2=O)S(=O)(=O)c2ccc(F)cc2)cc1. The van der Waals surface area contributed by atoms with E-state index in [1.165, 1.54) is 16.4 Å². The number of fused-ring (bicyclic) bond motifs is 1. The first-order valence-corrected chi connectivity index (χ1v) is 11.7. The van der Waals surface area contributed by atoms with Crippen LogP contribution in [0.3, 0.4) is 0 Å². The van der Waals surface area contributed by atoms with Crippen molar-refractivity contribution in [3.05, 3.63) is 106 Å². The summed E-state index contributed by atoms with van der Waals surface area (Å²) in [4.78, 5) is 15.5. The van der Waals surface area contributed by atoms with Gasteiger partial charge < -0.3 is 9.72 Å². The number of aryl methyl sites for hydroxylation is 1. The molecule has 0 aliphatic rings. The molecule has 0 unspecified atom stereocenters. The highest BCUT2D eigenvalue weighted by molar-refractivity contribution is 7.89. The van der Waals surface area contributed by atoms with Gasteiger partial charge in [-0.25, -0.2) is 12.8 Å². The monoisotopic (exact) mass is 466 g/mol. The molecule has 1 aromatic heterocycles. The number of ether oxygens (including phenoxy) is 1. The number of aromatic nitrogens is 1. The summed E-state index contributed by atoms with van der Waals surface area (Å²) >= 11 is 0. The van der Waals surface area contributed by atoms with Crippen LogP contribution >= 0.6 is 0 Å². The van der Waals surface area contributed by atoms with Crippen LogP contribution in [0.4, 0.5) is 4.39 Å². The highest BCUT2D eigenvalue weighted by Crippen LogP contribution is 2.23. The fraction of sp³-hybridized carbons (Fsp3) is 0.160. The van der Waals surface area contributed by atoms with Crippen molar-refractivity contribution in [1.29, 1.82) is 0 Å². The smallest absolute Gasteiger partial charge is 0.252 e. The second-order valence-electron chi connectivity index (χ2n) is 7.79. The third kappa shape index (κ3) is 4.97. The van der Waals surface area contributed by atoms with E-state index in [1.54, 1.807) is 37.4 Å². The van der Waals surface area contributed by atoms with E-state index in [9.17, 15) is 17.6 Å². The molecule has 4 rings (SSSR count). The molecular formula is C25H23FN2O4S. The van der Waals surface area contributed by atoms with E-state index in [0.29, 0.717) is 16.8 Å². The van der Waals surface area contributed by atoms with Gasteiger partial charge >= 0.3 is 0 Å². The Balaban J connectivity index is 1.76. The van der Waals surface area contributed by atoms with Gasteiger partial charge in [-0.1, -0.05) is 23.8 Å². The van der Waals surface area contributed by atoms with Gasteiger partial charge in [-0.2, -0.15) is 4.31 Å². The molecule has 0 atom stereocenters. The third-order valence-electron chi connectivity index (χ3n) is 5.39. The first-order valence-electron chi connectivity index (χ1n) is 10.3. The van der Waals surface area contributed by atoms with E-state index in [4.69, 9.17) is 4.74 Å². The number of halogens is 1. The summed E-state index contributed by atoms with van der Waals surface area (Å²) in [6.07, 6.45) is 0. The fourth-order valence-corrected chi connectivity index (χ4v) is 5.00. The zero-order chi connectivity index (χ0) is 23.6. The van der Waals surface area contributed by atoms with Crippen molar-refractivity contribution in [3.63, 3.8) is 0 Å². The highest BCUT2D eigenvalue weighted by atomic mass is 32.2. The van der Waals surface area contributed by atoms with E-state index in [1.807, 2.05) is 25.1 Å². The van der Waals surface area contributed by atoms with E-state index < -0.39 is 15.8 Å². The Labute approximate surface area is 191 Å². The molecule has 170 valence electrons. The van der Waals surface area contributed by atoms with E-state index in [-0.39, 0.29) is 23.5 Å². The molecule has 0 aliphatic heterocycles. The Morgan fingerprint density at radius 3 is 2.30 bits per heavy atom. The number of nitrogens with zero attached hydrogens (tertiary/aromatic N) is 1. The Morgan fingerprint density at radius 2 is 1.64 bits per heavy atom. The molecule has 8 heteroatoms. The predicted molar refractivity (Wildman–Crippen MR) is 125 cm³/mol. The molecule has 33 heavy (non-hydrogen) atoms. The Morgan fingerprint density at radius 1 is 0.939 bits per heavy atom. The average molecular weight is 467 g/mol. The molecule has 0 bridgehead atoms. The summed E-state index contributed by atoms with van der Waals surface area (Å²) in [5.41, 5.74) is 2.37. The Kier molecular flexibility index (Phi) is 6.31. The van der Waals surface area contributed by atoms with Crippen molar-refractivity contribution in [1.82, 2.24) is 9.29 Å². The van der Waals surface area contributed by atoms with Gasteiger partial charge in [-0.3, -0.25) is 4.79 Å². The fourth-order valence-electron chi connectivity index (χ4n) is 3.59. The van der Waals surface area contributed by atoms with Crippen LogP contribution < -0.4 is 10.3 Å². The van der Waals surface area contributed by atoms with Gasteiger partial charge in [0.2, 0.25) is 10.0 Å². The average Bonchev–Trinajstić information content (AvgIpc) is 2.80. The van der Waals surface area contributed by atoms with Crippen molar-refractivity contribution < 1.29 is 17.5 Å². The second-order valence-corrected chi connectivity index (χ2v) is 9.73. The van der Waals surface area contributed by atoms with Crippen LogP contribution in [0.5, 0.6) is 5.75 Å². The molecule has 0 saturated carbocycles. The number of rotatable bonds is 7. The summed E-state index contributed by atoms with van der Waals surface area (Å²) < 4.78 is 46.7. The number of pyridine rings is 1. The lowest BCUT2D eigenvalue weighted by atomic mass is 10.1. The van der Waals surface area contributed by atoms with Gasteiger partial charge in [0, 0.05) is 24.2 Å². The molecule has 1 N–H and O–H groups in total. The number of benzene rings is 3. The molecule has 0 aliphatic carbocycles.